The van der Waals surface area contributed by atoms with Gasteiger partial charge in [0.15, 0.2) is 0 Å². The van der Waals surface area contributed by atoms with Crippen LogP contribution in [0, 0.1) is 5.92 Å². The number of hydrogen-bond donors (Lipinski definition) is 0. The summed E-state index contributed by atoms with van der Waals surface area (Å²) in [5.74, 6) is 0.599. The van der Waals surface area contributed by atoms with Crippen molar-refractivity contribution < 1.29 is 4.42 Å². The van der Waals surface area contributed by atoms with Crippen LogP contribution in [0.15, 0.2) is 228 Å². The maximum atomic E-state index is 6.68. The SMILES string of the molecule is C1=CC(C2=CCC(N(C3=CCCC(C4=c5oc6ccccc6c5=CCC4)=C3)c3ccccc3-c3cccc(-c4ccc5c(c4)-c4ccccc4C5(c4ccccc4)c4ccccc4)c3)CC2)CCC1. The molecular weight excluding hydrogens is 835 g/mol. The summed E-state index contributed by atoms with van der Waals surface area (Å²) in [4.78, 5) is 2.74. The van der Waals surface area contributed by atoms with E-state index in [0.29, 0.717) is 12.0 Å². The zero-order valence-corrected chi connectivity index (χ0v) is 39.3. The molecule has 13 rings (SSSR count). The van der Waals surface area contributed by atoms with Gasteiger partial charge in [-0.25, -0.2) is 0 Å². The van der Waals surface area contributed by atoms with E-state index in [9.17, 15) is 0 Å². The van der Waals surface area contributed by atoms with Gasteiger partial charge in [-0.05, 0) is 162 Å². The molecule has 0 radical (unpaired) electrons. The predicted octanol–water partition coefficient (Wildman–Crippen LogP) is 15.8. The second kappa shape index (κ2) is 17.6. The summed E-state index contributed by atoms with van der Waals surface area (Å²) in [6, 6.07) is 65.9. The van der Waals surface area contributed by atoms with Crippen LogP contribution in [-0.4, -0.2) is 6.04 Å². The van der Waals surface area contributed by atoms with E-state index in [2.05, 4.69) is 217 Å². The third-order valence-electron chi connectivity index (χ3n) is 16.0. The number of furan rings is 1. The molecule has 0 saturated heterocycles. The van der Waals surface area contributed by atoms with E-state index < -0.39 is 5.41 Å². The van der Waals surface area contributed by atoms with Crippen LogP contribution in [0.2, 0.25) is 0 Å². The Balaban J connectivity index is 0.915. The fourth-order valence-corrected chi connectivity index (χ4v) is 12.9. The molecule has 1 heterocycles. The standard InChI is InChI=1S/C67H57NO/c1-4-19-46(20-5-1)47-37-40-54(41-38-47)68(55-28-17-23-51(44-55)57-32-18-33-60-59-31-12-15-36-65(59)69-66(57)60)64-35-14-11-29-56(64)50-22-16-21-48(43-50)49-39-42-63-61(45-49)58-30-10-13-34-62(58)67(63,52-24-6-2-7-25-52)53-26-8-3-9-27-53/h2-4,6-16,19,21-22,24-31,33-37,39,42-46,54H,1,5,17-18,20,23,32,38,40-41H2. The normalized spacial score (nSPS) is 19.1. The van der Waals surface area contributed by atoms with Crippen molar-refractivity contribution in [3.63, 3.8) is 0 Å². The molecule has 336 valence electrons. The van der Waals surface area contributed by atoms with Gasteiger partial charge in [0.2, 0.25) is 0 Å². The largest absolute Gasteiger partial charge is 0.456 e. The van der Waals surface area contributed by atoms with Crippen molar-refractivity contribution in [1.29, 1.82) is 0 Å². The highest BCUT2D eigenvalue weighted by Crippen LogP contribution is 2.56. The molecule has 0 saturated carbocycles. The Labute approximate surface area is 406 Å². The molecule has 0 spiro atoms. The van der Waals surface area contributed by atoms with Crippen LogP contribution in [0.5, 0.6) is 0 Å². The Hall–Kier alpha value is -7.42. The molecule has 0 aliphatic heterocycles. The highest BCUT2D eigenvalue weighted by atomic mass is 16.3. The fraction of sp³-hybridized carbons (Fsp3) is 0.194. The number of allylic oxidation sites excluding steroid dienone is 6. The van der Waals surface area contributed by atoms with Gasteiger partial charge in [-0.15, -0.1) is 0 Å². The summed E-state index contributed by atoms with van der Waals surface area (Å²) in [7, 11) is 0. The maximum absolute atomic E-state index is 6.68. The van der Waals surface area contributed by atoms with Crippen molar-refractivity contribution >= 4 is 28.3 Å². The zero-order valence-electron chi connectivity index (χ0n) is 39.3. The van der Waals surface area contributed by atoms with Crippen LogP contribution in [0.1, 0.15) is 86.5 Å². The number of benzene rings is 7. The average Bonchev–Trinajstić information content (AvgIpc) is 3.96. The second-order valence-corrected chi connectivity index (χ2v) is 19.8. The zero-order chi connectivity index (χ0) is 45.7. The van der Waals surface area contributed by atoms with Crippen molar-refractivity contribution in [2.75, 3.05) is 4.90 Å². The number of anilines is 1. The van der Waals surface area contributed by atoms with Crippen LogP contribution in [0.3, 0.4) is 0 Å². The molecule has 2 heteroatoms. The molecule has 69 heavy (non-hydrogen) atoms. The summed E-state index contributed by atoms with van der Waals surface area (Å²) in [5, 5.41) is 2.50. The summed E-state index contributed by atoms with van der Waals surface area (Å²) >= 11 is 0. The lowest BCUT2D eigenvalue weighted by Crippen LogP contribution is -2.37. The van der Waals surface area contributed by atoms with Gasteiger partial charge in [0.25, 0.3) is 0 Å². The van der Waals surface area contributed by atoms with Gasteiger partial charge >= 0.3 is 0 Å². The Morgan fingerprint density at radius 2 is 1.26 bits per heavy atom. The van der Waals surface area contributed by atoms with Gasteiger partial charge in [-0.1, -0.05) is 188 Å². The minimum absolute atomic E-state index is 0.338. The molecule has 2 unspecified atom stereocenters. The summed E-state index contributed by atoms with van der Waals surface area (Å²) in [6.45, 7) is 0. The highest BCUT2D eigenvalue weighted by Gasteiger charge is 2.46. The molecule has 5 aliphatic rings. The Bertz CT molecular complexity index is 3490. The van der Waals surface area contributed by atoms with Crippen LogP contribution in [0.25, 0.3) is 56.0 Å². The molecule has 1 aromatic heterocycles. The lowest BCUT2D eigenvalue weighted by molar-refractivity contribution is 0.511. The molecule has 0 bridgehead atoms. The van der Waals surface area contributed by atoms with Gasteiger partial charge in [0, 0.05) is 33.6 Å². The molecule has 0 amide bonds. The first-order valence-corrected chi connectivity index (χ1v) is 25.5. The van der Waals surface area contributed by atoms with Gasteiger partial charge in [0.05, 0.1) is 5.41 Å². The van der Waals surface area contributed by atoms with E-state index in [0.717, 1.165) is 55.9 Å². The topological polar surface area (TPSA) is 16.4 Å². The van der Waals surface area contributed by atoms with Crippen LogP contribution in [0.4, 0.5) is 5.69 Å². The minimum atomic E-state index is -0.413. The van der Waals surface area contributed by atoms with Gasteiger partial charge in [-0.3, -0.25) is 0 Å². The first kappa shape index (κ1) is 41.7. The summed E-state index contributed by atoms with van der Waals surface area (Å²) in [6.07, 6.45) is 26.1. The molecule has 2 atom stereocenters. The number of fused-ring (bicyclic) bond motifs is 6. The summed E-state index contributed by atoms with van der Waals surface area (Å²) in [5.41, 5.74) is 21.5. The van der Waals surface area contributed by atoms with Crippen molar-refractivity contribution in [1.82, 2.24) is 0 Å². The van der Waals surface area contributed by atoms with Crippen LogP contribution in [-0.2, 0) is 5.41 Å². The Morgan fingerprint density at radius 1 is 0.536 bits per heavy atom. The average molecular weight is 892 g/mol. The molecule has 7 aromatic carbocycles. The lowest BCUT2D eigenvalue weighted by Gasteiger charge is -2.39. The van der Waals surface area contributed by atoms with E-state index in [4.69, 9.17) is 4.42 Å². The minimum Gasteiger partial charge on any atom is -0.456 e. The molecule has 2 nitrogen and oxygen atoms in total. The Morgan fingerprint density at radius 3 is 2.07 bits per heavy atom. The number of para-hydroxylation sites is 2. The quantitative estimate of drug-likeness (QED) is 0.134. The first-order valence-electron chi connectivity index (χ1n) is 25.5. The third kappa shape index (κ3) is 7.14. The first-order chi connectivity index (χ1) is 34.2. The number of hydrogen-bond acceptors (Lipinski definition) is 2. The summed E-state index contributed by atoms with van der Waals surface area (Å²) < 4.78 is 6.68. The number of rotatable bonds is 9. The van der Waals surface area contributed by atoms with Gasteiger partial charge < -0.3 is 9.32 Å². The van der Waals surface area contributed by atoms with E-state index in [1.165, 1.54) is 108 Å². The van der Waals surface area contributed by atoms with Crippen molar-refractivity contribution in [3.8, 4) is 33.4 Å². The second-order valence-electron chi connectivity index (χ2n) is 19.8. The van der Waals surface area contributed by atoms with Gasteiger partial charge in [0.1, 0.15) is 11.0 Å². The Kier molecular flexibility index (Phi) is 10.6. The molecule has 0 N–H and O–H groups in total. The molecule has 0 fully saturated rings. The van der Waals surface area contributed by atoms with Crippen molar-refractivity contribution in [3.05, 3.63) is 256 Å². The van der Waals surface area contributed by atoms with Crippen LogP contribution >= 0.6 is 0 Å². The monoisotopic (exact) mass is 891 g/mol. The predicted molar refractivity (Wildman–Crippen MR) is 287 cm³/mol. The third-order valence-corrected chi connectivity index (χ3v) is 16.0. The van der Waals surface area contributed by atoms with E-state index in [1.807, 2.05) is 0 Å². The van der Waals surface area contributed by atoms with Gasteiger partial charge in [-0.2, -0.15) is 0 Å². The van der Waals surface area contributed by atoms with E-state index in [-0.39, 0.29) is 0 Å². The van der Waals surface area contributed by atoms with Crippen LogP contribution < -0.4 is 15.5 Å². The maximum Gasteiger partial charge on any atom is 0.138 e. The smallest absolute Gasteiger partial charge is 0.138 e. The van der Waals surface area contributed by atoms with Crippen molar-refractivity contribution in [2.24, 2.45) is 5.92 Å². The molecular formula is C67H57NO. The van der Waals surface area contributed by atoms with E-state index in [1.54, 1.807) is 5.57 Å². The molecule has 8 aromatic rings. The molecule has 5 aliphatic carbocycles. The lowest BCUT2D eigenvalue weighted by atomic mass is 9.67. The number of nitrogens with zero attached hydrogens (tertiary/aromatic N) is 1. The fourth-order valence-electron chi connectivity index (χ4n) is 12.9. The highest BCUT2D eigenvalue weighted by molar-refractivity contribution is 5.90. The van der Waals surface area contributed by atoms with Crippen molar-refractivity contribution in [2.45, 2.75) is 75.7 Å². The van der Waals surface area contributed by atoms with E-state index >= 15 is 0 Å².